The van der Waals surface area contributed by atoms with Crippen LogP contribution in [0.25, 0.3) is 6.08 Å². The van der Waals surface area contributed by atoms with Crippen LogP contribution in [0.4, 0.5) is 0 Å². The Labute approximate surface area is 102 Å². The second-order valence-electron chi connectivity index (χ2n) is 2.25. The van der Waals surface area contributed by atoms with E-state index < -0.39 is 0 Å². The molecule has 0 amide bonds. The van der Waals surface area contributed by atoms with Crippen LogP contribution in [0.1, 0.15) is 5.56 Å². The Morgan fingerprint density at radius 1 is 1.15 bits per heavy atom. The summed E-state index contributed by atoms with van der Waals surface area (Å²) in [7, 11) is 0. The first-order valence-corrected chi connectivity index (χ1v) is 3.35. The summed E-state index contributed by atoms with van der Waals surface area (Å²) in [5.41, 5.74) is 1.17. The molecule has 0 fully saturated rings. The van der Waals surface area contributed by atoms with Gasteiger partial charge in [0, 0.05) is 48.6 Å². The van der Waals surface area contributed by atoms with Crippen molar-refractivity contribution in [2.75, 3.05) is 6.61 Å². The minimum Gasteiger partial charge on any atom is -0.489 e. The van der Waals surface area contributed by atoms with Crippen molar-refractivity contribution in [3.63, 3.8) is 0 Å². The predicted molar refractivity (Wildman–Crippen MR) is 44.2 cm³/mol. The predicted octanol–water partition coefficient (Wildman–Crippen LogP) is 2.17. The third-order valence-electron chi connectivity index (χ3n) is 1.55. The normalized spacial score (nSPS) is 10.8. The molecule has 1 aliphatic rings. The van der Waals surface area contributed by atoms with Crippen molar-refractivity contribution < 1.29 is 40.4 Å². The van der Waals surface area contributed by atoms with Gasteiger partial charge in [0.25, 0.3) is 0 Å². The number of benzene rings is 1. The summed E-state index contributed by atoms with van der Waals surface area (Å²) in [5.74, 6) is 0.991. The molecule has 1 aromatic carbocycles. The zero-order valence-electron chi connectivity index (χ0n) is 6.88. The molecule has 0 atom stereocenters. The maximum Gasteiger partial charge on any atom is 0.126 e. The largest absolute Gasteiger partial charge is 0.489 e. The monoisotopic (exact) mass is 251 g/mol. The summed E-state index contributed by atoms with van der Waals surface area (Å²) in [6, 6.07) is 8.03. The van der Waals surface area contributed by atoms with Gasteiger partial charge in [-0.15, -0.1) is 0 Å². The molecule has 1 aromatic rings. The number of hydrogen-bond donors (Lipinski definition) is 0. The van der Waals surface area contributed by atoms with Crippen LogP contribution in [0.2, 0.25) is 0 Å². The maximum atomic E-state index is 5.34. The summed E-state index contributed by atoms with van der Waals surface area (Å²) >= 11 is 0. The Morgan fingerprint density at radius 3 is 2.54 bits per heavy atom. The second-order valence-corrected chi connectivity index (χ2v) is 2.25. The van der Waals surface area contributed by atoms with E-state index in [4.69, 9.17) is 4.74 Å². The number of para-hydroxylation sites is 1. The van der Waals surface area contributed by atoms with Gasteiger partial charge in [-0.3, -0.25) is 0 Å². The Kier molecular flexibility index (Phi) is 8.60. The molecule has 1 heterocycles. The van der Waals surface area contributed by atoms with Crippen LogP contribution in [0.3, 0.4) is 0 Å². The molecule has 3 heteroatoms. The standard InChI is InChI=1S/C9H8O.C.Fe.V/c1-2-6-9-8(4-1)5-3-7-10-9;;;/h1-6H,7H2;;;. The second kappa shape index (κ2) is 7.28. The topological polar surface area (TPSA) is 9.23 Å². The summed E-state index contributed by atoms with van der Waals surface area (Å²) in [6.07, 6.45) is 4.10. The molecule has 0 saturated heterocycles. The van der Waals surface area contributed by atoms with Crippen LogP contribution in [0, 0.1) is 7.43 Å². The molecule has 0 aliphatic carbocycles. The van der Waals surface area contributed by atoms with E-state index in [1.165, 1.54) is 5.56 Å². The van der Waals surface area contributed by atoms with E-state index in [0.29, 0.717) is 6.61 Å². The van der Waals surface area contributed by atoms with Crippen molar-refractivity contribution in [1.82, 2.24) is 0 Å². The number of fused-ring (bicyclic) bond motifs is 1. The molecule has 1 nitrogen and oxygen atoms in total. The zero-order valence-corrected chi connectivity index (χ0v) is 9.38. The molecule has 0 N–H and O–H groups in total. The van der Waals surface area contributed by atoms with Gasteiger partial charge in [0.05, 0.1) is 0 Å². The van der Waals surface area contributed by atoms with E-state index in [1.807, 2.05) is 30.3 Å². The molecular formula is C10H8FeOV. The van der Waals surface area contributed by atoms with E-state index in [1.54, 1.807) is 0 Å². The zero-order chi connectivity index (χ0) is 6.81. The van der Waals surface area contributed by atoms with Crippen molar-refractivity contribution in [3.8, 4) is 5.75 Å². The van der Waals surface area contributed by atoms with Gasteiger partial charge in [-0.1, -0.05) is 24.3 Å². The number of hydrogen-bond acceptors (Lipinski definition) is 1. The van der Waals surface area contributed by atoms with Gasteiger partial charge in [0.15, 0.2) is 0 Å². The van der Waals surface area contributed by atoms with Crippen LogP contribution < -0.4 is 4.74 Å². The summed E-state index contributed by atoms with van der Waals surface area (Å²) in [6.45, 7) is 0.705. The summed E-state index contributed by atoms with van der Waals surface area (Å²) in [5, 5.41) is 0. The van der Waals surface area contributed by atoms with E-state index >= 15 is 0 Å². The van der Waals surface area contributed by atoms with E-state index in [-0.39, 0.29) is 43.1 Å². The summed E-state index contributed by atoms with van der Waals surface area (Å²) in [4.78, 5) is 0. The van der Waals surface area contributed by atoms with Crippen molar-refractivity contribution in [3.05, 3.63) is 43.3 Å². The van der Waals surface area contributed by atoms with Crippen LogP contribution >= 0.6 is 0 Å². The van der Waals surface area contributed by atoms with Gasteiger partial charge in [-0.25, -0.2) is 0 Å². The molecule has 5 radical (unpaired) electrons. The van der Waals surface area contributed by atoms with Gasteiger partial charge in [0.1, 0.15) is 12.4 Å². The van der Waals surface area contributed by atoms with Crippen molar-refractivity contribution in [2.45, 2.75) is 0 Å². The molecule has 2 rings (SSSR count). The first-order chi connectivity index (χ1) is 4.97. The molecule has 0 aromatic heterocycles. The van der Waals surface area contributed by atoms with Crippen LogP contribution in [0.5, 0.6) is 5.75 Å². The quantitative estimate of drug-likeness (QED) is 0.642. The molecule has 0 unspecified atom stereocenters. The molecule has 0 bridgehead atoms. The van der Waals surface area contributed by atoms with Gasteiger partial charge < -0.3 is 4.74 Å². The van der Waals surface area contributed by atoms with Crippen LogP contribution in [-0.4, -0.2) is 6.61 Å². The molecular weight excluding hydrogens is 243 g/mol. The Bertz CT molecular complexity index is 273. The summed E-state index contributed by atoms with van der Waals surface area (Å²) < 4.78 is 5.34. The third kappa shape index (κ3) is 3.62. The Hall–Kier alpha value is -0.136. The third-order valence-corrected chi connectivity index (χ3v) is 1.55. The molecule has 0 spiro atoms. The Balaban J connectivity index is 0. The SMILES string of the molecule is C1=Cc2ccccc2OC1.[C].[Fe].[V]. The number of ether oxygens (including phenoxy) is 1. The van der Waals surface area contributed by atoms with Crippen molar-refractivity contribution in [2.24, 2.45) is 0 Å². The molecule has 67 valence electrons. The van der Waals surface area contributed by atoms with Gasteiger partial charge in [0.2, 0.25) is 0 Å². The van der Waals surface area contributed by atoms with Gasteiger partial charge in [-0.05, 0) is 12.1 Å². The van der Waals surface area contributed by atoms with E-state index in [9.17, 15) is 0 Å². The fourth-order valence-corrected chi connectivity index (χ4v) is 1.06. The first-order valence-electron chi connectivity index (χ1n) is 3.35. The maximum absolute atomic E-state index is 5.34. The Morgan fingerprint density at radius 2 is 1.85 bits per heavy atom. The minimum atomic E-state index is 0. The molecule has 1 aliphatic heterocycles. The average Bonchev–Trinajstić information content (AvgIpc) is 2.05. The molecule has 0 saturated carbocycles. The number of rotatable bonds is 0. The van der Waals surface area contributed by atoms with Crippen molar-refractivity contribution in [1.29, 1.82) is 0 Å². The molecule has 13 heavy (non-hydrogen) atoms. The fraction of sp³-hybridized carbons (Fsp3) is 0.100. The van der Waals surface area contributed by atoms with Gasteiger partial charge >= 0.3 is 0 Å². The fourth-order valence-electron chi connectivity index (χ4n) is 1.06. The minimum absolute atomic E-state index is 0. The van der Waals surface area contributed by atoms with Gasteiger partial charge in [-0.2, -0.15) is 0 Å². The van der Waals surface area contributed by atoms with Crippen LogP contribution in [-0.2, 0) is 35.6 Å². The van der Waals surface area contributed by atoms with Crippen LogP contribution in [0.15, 0.2) is 30.3 Å². The average molecular weight is 251 g/mol. The van der Waals surface area contributed by atoms with E-state index in [0.717, 1.165) is 5.75 Å². The smallest absolute Gasteiger partial charge is 0.126 e. The van der Waals surface area contributed by atoms with E-state index in [2.05, 4.69) is 6.08 Å². The first kappa shape index (κ1) is 15.3. The van der Waals surface area contributed by atoms with Crippen molar-refractivity contribution >= 4 is 6.08 Å².